The van der Waals surface area contributed by atoms with Crippen molar-refractivity contribution in [2.75, 3.05) is 13.7 Å². The molecule has 0 radical (unpaired) electrons. The Balaban J connectivity index is 1.55. The van der Waals surface area contributed by atoms with Crippen LogP contribution >= 0.6 is 0 Å². The molecule has 1 aliphatic heterocycles. The lowest BCUT2D eigenvalue weighted by Crippen LogP contribution is -2.25. The van der Waals surface area contributed by atoms with E-state index < -0.39 is 17.8 Å². The lowest BCUT2D eigenvalue weighted by Gasteiger charge is -2.25. The largest absolute Gasteiger partial charge is 0.495 e. The molecule has 0 saturated heterocycles. The normalized spacial score (nSPS) is 16.0. The van der Waals surface area contributed by atoms with Gasteiger partial charge in [-0.3, -0.25) is 0 Å². The third-order valence-corrected chi connectivity index (χ3v) is 5.50. The molecule has 4 aromatic rings. The molecule has 0 aliphatic carbocycles. The van der Waals surface area contributed by atoms with Gasteiger partial charge in [0.15, 0.2) is 11.6 Å². The van der Waals surface area contributed by atoms with Crippen LogP contribution in [0.4, 0.5) is 13.2 Å². The molecule has 0 bridgehead atoms. The van der Waals surface area contributed by atoms with E-state index >= 15 is 0 Å². The summed E-state index contributed by atoms with van der Waals surface area (Å²) in [4.78, 5) is 8.81. The van der Waals surface area contributed by atoms with Crippen molar-refractivity contribution in [2.24, 2.45) is 0 Å². The molecule has 0 amide bonds. The van der Waals surface area contributed by atoms with Crippen molar-refractivity contribution in [3.8, 4) is 22.8 Å². The van der Waals surface area contributed by atoms with Gasteiger partial charge in [0.1, 0.15) is 11.9 Å². The van der Waals surface area contributed by atoms with Crippen LogP contribution in [0.5, 0.6) is 5.75 Å². The van der Waals surface area contributed by atoms with Gasteiger partial charge in [0.2, 0.25) is 0 Å². The second-order valence-electron chi connectivity index (χ2n) is 7.66. The Morgan fingerprint density at radius 2 is 1.97 bits per heavy atom. The second-order valence-corrected chi connectivity index (χ2v) is 7.66. The Hall–Kier alpha value is -3.66. The van der Waals surface area contributed by atoms with Crippen molar-refractivity contribution in [1.82, 2.24) is 24.3 Å². The van der Waals surface area contributed by atoms with Crippen LogP contribution in [0.15, 0.2) is 55.0 Å². The number of methoxy groups -OCH3 is 1. The standard InChI is InChI=1S/C23H20F3N5O2/c1-14-12-30(13-27-14)18-8-7-15(11-19(18)32-2)21-28-22-20(33-10-9-31(22)29-21)16-5-3-4-6-17(16)23(24,25)26/h3-8,11-13,20H,9-10H2,1-2H3. The summed E-state index contributed by atoms with van der Waals surface area (Å²) in [6, 6.07) is 10.9. The number of ether oxygens (including phenoxy) is 2. The summed E-state index contributed by atoms with van der Waals surface area (Å²) in [5.41, 5.74) is 1.63. The van der Waals surface area contributed by atoms with Gasteiger partial charge in [-0.15, -0.1) is 0 Å². The van der Waals surface area contributed by atoms with Crippen molar-refractivity contribution in [3.05, 3.63) is 77.6 Å². The fourth-order valence-electron chi connectivity index (χ4n) is 3.96. The molecule has 0 saturated carbocycles. The summed E-state index contributed by atoms with van der Waals surface area (Å²) in [6.07, 6.45) is -1.89. The summed E-state index contributed by atoms with van der Waals surface area (Å²) in [7, 11) is 1.57. The minimum Gasteiger partial charge on any atom is -0.495 e. The van der Waals surface area contributed by atoms with Gasteiger partial charge < -0.3 is 14.0 Å². The predicted octanol–water partition coefficient (Wildman–Crippen LogP) is 4.59. The highest BCUT2D eigenvalue weighted by atomic mass is 19.4. The van der Waals surface area contributed by atoms with Gasteiger partial charge in [0.25, 0.3) is 0 Å². The Morgan fingerprint density at radius 3 is 2.70 bits per heavy atom. The molecule has 7 nitrogen and oxygen atoms in total. The second kappa shape index (κ2) is 8.04. The number of halogens is 3. The molecular weight excluding hydrogens is 435 g/mol. The molecule has 5 rings (SSSR count). The minimum absolute atomic E-state index is 0.0216. The van der Waals surface area contributed by atoms with E-state index in [0.717, 1.165) is 17.4 Å². The predicted molar refractivity (Wildman–Crippen MR) is 113 cm³/mol. The third-order valence-electron chi connectivity index (χ3n) is 5.50. The van der Waals surface area contributed by atoms with Gasteiger partial charge in [-0.25, -0.2) is 14.6 Å². The van der Waals surface area contributed by atoms with Gasteiger partial charge in [-0.05, 0) is 31.2 Å². The van der Waals surface area contributed by atoms with E-state index in [9.17, 15) is 13.2 Å². The zero-order valence-corrected chi connectivity index (χ0v) is 17.9. The number of aromatic nitrogens is 5. The Kier molecular flexibility index (Phi) is 5.16. The van der Waals surface area contributed by atoms with Gasteiger partial charge in [-0.1, -0.05) is 18.2 Å². The van der Waals surface area contributed by atoms with Crippen molar-refractivity contribution in [1.29, 1.82) is 0 Å². The summed E-state index contributed by atoms with van der Waals surface area (Å²) in [5.74, 6) is 1.31. The molecular formula is C23H20F3N5O2. The average Bonchev–Trinajstić information content (AvgIpc) is 3.44. The summed E-state index contributed by atoms with van der Waals surface area (Å²) in [5, 5.41) is 4.54. The maximum absolute atomic E-state index is 13.6. The Bertz CT molecular complexity index is 1310. The number of nitrogens with zero attached hydrogens (tertiary/aromatic N) is 5. The van der Waals surface area contributed by atoms with Crippen molar-refractivity contribution in [2.45, 2.75) is 25.7 Å². The monoisotopic (exact) mass is 455 g/mol. The molecule has 0 N–H and O–H groups in total. The molecule has 170 valence electrons. The lowest BCUT2D eigenvalue weighted by atomic mass is 10.0. The number of aryl methyl sites for hydroxylation is 1. The molecule has 1 unspecified atom stereocenters. The molecule has 1 aliphatic rings. The minimum atomic E-state index is -4.50. The number of hydrogen-bond donors (Lipinski definition) is 0. The molecule has 1 atom stereocenters. The van der Waals surface area contributed by atoms with E-state index in [4.69, 9.17) is 9.47 Å². The molecule has 10 heteroatoms. The van der Waals surface area contributed by atoms with Crippen molar-refractivity contribution in [3.63, 3.8) is 0 Å². The SMILES string of the molecule is COc1cc(-c2nc3n(n2)CCOC3c2ccccc2C(F)(F)F)ccc1-n1cnc(C)c1. The highest BCUT2D eigenvalue weighted by Gasteiger charge is 2.38. The highest BCUT2D eigenvalue weighted by molar-refractivity contribution is 5.63. The number of benzene rings is 2. The number of hydrogen-bond acceptors (Lipinski definition) is 5. The fourth-order valence-corrected chi connectivity index (χ4v) is 3.96. The van der Waals surface area contributed by atoms with Crippen LogP contribution in [0, 0.1) is 6.92 Å². The zero-order chi connectivity index (χ0) is 23.2. The summed E-state index contributed by atoms with van der Waals surface area (Å²) in [6.45, 7) is 2.53. The van der Waals surface area contributed by atoms with Gasteiger partial charge in [-0.2, -0.15) is 18.3 Å². The fraction of sp³-hybridized carbons (Fsp3) is 0.261. The summed E-state index contributed by atoms with van der Waals surface area (Å²) < 4.78 is 55.5. The Labute approximate surface area is 187 Å². The molecule has 2 aromatic carbocycles. The van der Waals surface area contributed by atoms with Crippen LogP contribution in [-0.4, -0.2) is 38.0 Å². The first-order valence-corrected chi connectivity index (χ1v) is 10.3. The maximum Gasteiger partial charge on any atom is 0.416 e. The van der Waals surface area contributed by atoms with E-state index in [0.29, 0.717) is 29.5 Å². The van der Waals surface area contributed by atoms with Crippen molar-refractivity contribution >= 4 is 0 Å². The number of rotatable bonds is 4. The van der Waals surface area contributed by atoms with E-state index in [1.54, 1.807) is 30.3 Å². The average molecular weight is 455 g/mol. The van der Waals surface area contributed by atoms with E-state index in [1.807, 2.05) is 29.8 Å². The third kappa shape index (κ3) is 3.86. The van der Waals surface area contributed by atoms with Crippen molar-refractivity contribution < 1.29 is 22.6 Å². The van der Waals surface area contributed by atoms with E-state index in [2.05, 4.69) is 15.1 Å². The molecule has 2 aromatic heterocycles. The number of fused-ring (bicyclic) bond motifs is 1. The van der Waals surface area contributed by atoms with E-state index in [-0.39, 0.29) is 12.2 Å². The zero-order valence-electron chi connectivity index (χ0n) is 17.9. The lowest BCUT2D eigenvalue weighted by molar-refractivity contribution is -0.139. The van der Waals surface area contributed by atoms with Crippen LogP contribution in [0.2, 0.25) is 0 Å². The van der Waals surface area contributed by atoms with E-state index in [1.165, 1.54) is 12.1 Å². The van der Waals surface area contributed by atoms with Crippen LogP contribution in [0.1, 0.15) is 28.7 Å². The smallest absolute Gasteiger partial charge is 0.416 e. The van der Waals surface area contributed by atoms with Crippen LogP contribution in [0.25, 0.3) is 17.1 Å². The molecule has 0 spiro atoms. The molecule has 3 heterocycles. The summed E-state index contributed by atoms with van der Waals surface area (Å²) >= 11 is 0. The van der Waals surface area contributed by atoms with Gasteiger partial charge in [0.05, 0.1) is 43.5 Å². The van der Waals surface area contributed by atoms with Gasteiger partial charge in [0, 0.05) is 17.3 Å². The number of imidazole rings is 1. The van der Waals surface area contributed by atoms with Crippen LogP contribution in [-0.2, 0) is 17.5 Å². The first-order chi connectivity index (χ1) is 15.8. The number of alkyl halides is 3. The topological polar surface area (TPSA) is 67.0 Å². The molecule has 0 fully saturated rings. The molecule has 33 heavy (non-hydrogen) atoms. The van der Waals surface area contributed by atoms with Crippen LogP contribution in [0.3, 0.4) is 0 Å². The maximum atomic E-state index is 13.6. The first kappa shape index (κ1) is 21.2. The first-order valence-electron chi connectivity index (χ1n) is 10.3. The Morgan fingerprint density at radius 1 is 1.15 bits per heavy atom. The highest BCUT2D eigenvalue weighted by Crippen LogP contribution is 2.39. The quantitative estimate of drug-likeness (QED) is 0.451. The van der Waals surface area contributed by atoms with Crippen LogP contribution < -0.4 is 4.74 Å². The van der Waals surface area contributed by atoms with Gasteiger partial charge >= 0.3 is 6.18 Å².